The fourth-order valence-electron chi connectivity index (χ4n) is 2.36. The summed E-state index contributed by atoms with van der Waals surface area (Å²) in [4.78, 5) is 0. The molecule has 0 bridgehead atoms. The standard InChI is InChI=1S/C19H19NS/c1-15-13-21-14-19(15)12-20-11-16-7-9-18(10-8-16)17-5-3-2-4-6-17/h2-10,13-14,20H,11-12H2,1H3. The lowest BCUT2D eigenvalue weighted by molar-refractivity contribution is 0.692. The van der Waals surface area contributed by atoms with Gasteiger partial charge in [0.05, 0.1) is 0 Å². The van der Waals surface area contributed by atoms with Crippen LogP contribution < -0.4 is 5.32 Å². The summed E-state index contributed by atoms with van der Waals surface area (Å²) >= 11 is 1.77. The van der Waals surface area contributed by atoms with Crippen LogP contribution in [0.2, 0.25) is 0 Å². The van der Waals surface area contributed by atoms with Crippen molar-refractivity contribution in [1.82, 2.24) is 5.32 Å². The Hall–Kier alpha value is -1.90. The fourth-order valence-corrected chi connectivity index (χ4v) is 3.21. The number of nitrogens with one attached hydrogen (secondary N) is 1. The predicted octanol–water partition coefficient (Wildman–Crippen LogP) is 5.01. The summed E-state index contributed by atoms with van der Waals surface area (Å²) < 4.78 is 0. The van der Waals surface area contributed by atoms with Crippen LogP contribution in [0.1, 0.15) is 16.7 Å². The molecule has 2 heteroatoms. The summed E-state index contributed by atoms with van der Waals surface area (Å²) in [7, 11) is 0. The van der Waals surface area contributed by atoms with E-state index in [0.717, 1.165) is 13.1 Å². The molecular formula is C19H19NS. The zero-order valence-corrected chi connectivity index (χ0v) is 13.0. The van der Waals surface area contributed by atoms with Crippen LogP contribution in [0.15, 0.2) is 65.4 Å². The summed E-state index contributed by atoms with van der Waals surface area (Å²) in [6.45, 7) is 4.02. The number of aryl methyl sites for hydroxylation is 1. The van der Waals surface area contributed by atoms with Crippen LogP contribution in [0.5, 0.6) is 0 Å². The lowest BCUT2D eigenvalue weighted by Gasteiger charge is -2.06. The van der Waals surface area contributed by atoms with E-state index in [4.69, 9.17) is 0 Å². The van der Waals surface area contributed by atoms with Crippen molar-refractivity contribution in [3.8, 4) is 11.1 Å². The van der Waals surface area contributed by atoms with E-state index in [1.54, 1.807) is 11.3 Å². The zero-order valence-electron chi connectivity index (χ0n) is 12.2. The highest BCUT2D eigenvalue weighted by molar-refractivity contribution is 7.08. The second-order valence-corrected chi connectivity index (χ2v) is 5.99. The van der Waals surface area contributed by atoms with Gasteiger partial charge < -0.3 is 5.32 Å². The van der Waals surface area contributed by atoms with Crippen molar-refractivity contribution in [1.29, 1.82) is 0 Å². The highest BCUT2D eigenvalue weighted by Gasteiger charge is 2.00. The van der Waals surface area contributed by atoms with Crippen molar-refractivity contribution >= 4 is 11.3 Å². The van der Waals surface area contributed by atoms with Crippen molar-refractivity contribution in [3.05, 3.63) is 82.0 Å². The van der Waals surface area contributed by atoms with Crippen molar-refractivity contribution in [2.75, 3.05) is 0 Å². The molecular weight excluding hydrogens is 274 g/mol. The predicted molar refractivity (Wildman–Crippen MR) is 91.5 cm³/mol. The first-order valence-electron chi connectivity index (χ1n) is 7.20. The molecule has 0 saturated heterocycles. The Balaban J connectivity index is 1.59. The molecule has 0 saturated carbocycles. The lowest BCUT2D eigenvalue weighted by Crippen LogP contribution is -2.12. The third-order valence-electron chi connectivity index (χ3n) is 3.67. The summed E-state index contributed by atoms with van der Waals surface area (Å²) in [6, 6.07) is 19.3. The van der Waals surface area contributed by atoms with E-state index in [-0.39, 0.29) is 0 Å². The van der Waals surface area contributed by atoms with E-state index in [1.807, 2.05) is 6.07 Å². The van der Waals surface area contributed by atoms with Gasteiger partial charge in [0.2, 0.25) is 0 Å². The van der Waals surface area contributed by atoms with Gasteiger partial charge in [-0.1, -0.05) is 54.6 Å². The monoisotopic (exact) mass is 293 g/mol. The molecule has 3 rings (SSSR count). The van der Waals surface area contributed by atoms with E-state index in [9.17, 15) is 0 Å². The Kier molecular flexibility index (Phi) is 4.49. The first kappa shape index (κ1) is 14.1. The zero-order chi connectivity index (χ0) is 14.5. The Labute approximate surface area is 130 Å². The van der Waals surface area contributed by atoms with Crippen molar-refractivity contribution in [3.63, 3.8) is 0 Å². The molecule has 0 amide bonds. The minimum Gasteiger partial charge on any atom is -0.309 e. The number of thiophene rings is 1. The summed E-state index contributed by atoms with van der Waals surface area (Å²) in [6.07, 6.45) is 0. The molecule has 0 aliphatic heterocycles. The molecule has 2 aromatic carbocycles. The smallest absolute Gasteiger partial charge is 0.0219 e. The van der Waals surface area contributed by atoms with Crippen molar-refractivity contribution in [2.45, 2.75) is 20.0 Å². The molecule has 1 nitrogen and oxygen atoms in total. The molecule has 0 atom stereocenters. The SMILES string of the molecule is Cc1cscc1CNCc1ccc(-c2ccccc2)cc1. The molecule has 21 heavy (non-hydrogen) atoms. The van der Waals surface area contributed by atoms with Crippen LogP contribution in [0.25, 0.3) is 11.1 Å². The van der Waals surface area contributed by atoms with Gasteiger partial charge in [0.25, 0.3) is 0 Å². The van der Waals surface area contributed by atoms with Crippen molar-refractivity contribution in [2.24, 2.45) is 0 Å². The number of rotatable bonds is 5. The maximum atomic E-state index is 3.51. The van der Waals surface area contributed by atoms with Gasteiger partial charge in [-0.05, 0) is 45.5 Å². The van der Waals surface area contributed by atoms with Gasteiger partial charge in [0.15, 0.2) is 0 Å². The van der Waals surface area contributed by atoms with Gasteiger partial charge in [0.1, 0.15) is 0 Å². The maximum absolute atomic E-state index is 3.51. The van der Waals surface area contributed by atoms with Crippen LogP contribution >= 0.6 is 11.3 Å². The number of hydrogen-bond acceptors (Lipinski definition) is 2. The maximum Gasteiger partial charge on any atom is 0.0219 e. The Bertz CT molecular complexity index is 683. The van der Waals surface area contributed by atoms with Crippen LogP contribution in [0.3, 0.4) is 0 Å². The van der Waals surface area contributed by atoms with Gasteiger partial charge in [-0.3, -0.25) is 0 Å². The number of hydrogen-bond donors (Lipinski definition) is 1. The molecule has 0 fully saturated rings. The third-order valence-corrected chi connectivity index (χ3v) is 4.58. The van der Waals surface area contributed by atoms with Crippen LogP contribution in [-0.2, 0) is 13.1 Å². The Morgan fingerprint density at radius 1 is 0.810 bits per heavy atom. The molecule has 0 spiro atoms. The van der Waals surface area contributed by atoms with Gasteiger partial charge in [-0.15, -0.1) is 0 Å². The van der Waals surface area contributed by atoms with Gasteiger partial charge in [0, 0.05) is 13.1 Å². The highest BCUT2D eigenvalue weighted by Crippen LogP contribution is 2.19. The third kappa shape index (κ3) is 3.60. The largest absolute Gasteiger partial charge is 0.309 e. The quantitative estimate of drug-likeness (QED) is 0.697. The first-order valence-corrected chi connectivity index (χ1v) is 8.14. The first-order chi connectivity index (χ1) is 10.3. The summed E-state index contributed by atoms with van der Waals surface area (Å²) in [5.41, 5.74) is 6.65. The van der Waals surface area contributed by atoms with Crippen LogP contribution in [0.4, 0.5) is 0 Å². The van der Waals surface area contributed by atoms with Gasteiger partial charge in [-0.25, -0.2) is 0 Å². The van der Waals surface area contributed by atoms with E-state index in [0.29, 0.717) is 0 Å². The second kappa shape index (κ2) is 6.70. The van der Waals surface area contributed by atoms with E-state index < -0.39 is 0 Å². The van der Waals surface area contributed by atoms with E-state index in [1.165, 1.54) is 27.8 Å². The fraction of sp³-hybridized carbons (Fsp3) is 0.158. The lowest BCUT2D eigenvalue weighted by atomic mass is 10.0. The van der Waals surface area contributed by atoms with Crippen molar-refractivity contribution < 1.29 is 0 Å². The molecule has 0 radical (unpaired) electrons. The number of benzene rings is 2. The average molecular weight is 293 g/mol. The molecule has 1 N–H and O–H groups in total. The molecule has 0 aliphatic carbocycles. The molecule has 1 heterocycles. The average Bonchev–Trinajstić information content (AvgIpc) is 2.94. The molecule has 3 aromatic rings. The minimum atomic E-state index is 0.907. The van der Waals surface area contributed by atoms with E-state index in [2.05, 4.69) is 71.5 Å². The Morgan fingerprint density at radius 2 is 1.52 bits per heavy atom. The molecule has 106 valence electrons. The molecule has 1 aromatic heterocycles. The van der Waals surface area contributed by atoms with Crippen LogP contribution in [0, 0.1) is 6.92 Å². The summed E-state index contributed by atoms with van der Waals surface area (Å²) in [5.74, 6) is 0. The topological polar surface area (TPSA) is 12.0 Å². The van der Waals surface area contributed by atoms with Gasteiger partial charge in [-0.2, -0.15) is 11.3 Å². The molecule has 0 unspecified atom stereocenters. The summed E-state index contributed by atoms with van der Waals surface area (Å²) in [5, 5.41) is 7.93. The normalized spacial score (nSPS) is 10.7. The Morgan fingerprint density at radius 3 is 2.19 bits per heavy atom. The minimum absolute atomic E-state index is 0.907. The van der Waals surface area contributed by atoms with Gasteiger partial charge >= 0.3 is 0 Å². The molecule has 0 aliphatic rings. The second-order valence-electron chi connectivity index (χ2n) is 5.25. The van der Waals surface area contributed by atoms with Crippen LogP contribution in [-0.4, -0.2) is 0 Å². The highest BCUT2D eigenvalue weighted by atomic mass is 32.1. The van der Waals surface area contributed by atoms with E-state index >= 15 is 0 Å².